The van der Waals surface area contributed by atoms with Gasteiger partial charge in [-0.05, 0) is 19.8 Å². The molecule has 0 rings (SSSR count). The summed E-state index contributed by atoms with van der Waals surface area (Å²) >= 11 is 0. The van der Waals surface area contributed by atoms with Crippen LogP contribution in [0, 0.1) is 5.92 Å². The molecule has 31 heavy (non-hydrogen) atoms. The predicted octanol–water partition coefficient (Wildman–Crippen LogP) is 8.76. The number of unbranched alkanes of at least 4 members (excludes halogenated alkanes) is 19. The van der Waals surface area contributed by atoms with Crippen molar-refractivity contribution in [1.29, 1.82) is 0 Å². The fraction of sp³-hybridized carbons (Fsp3) is 0.964. The van der Waals surface area contributed by atoms with E-state index in [1.165, 1.54) is 122 Å². The molecule has 0 aromatic rings. The molecule has 0 aliphatic heterocycles. The van der Waals surface area contributed by atoms with Crippen LogP contribution in [0.5, 0.6) is 0 Å². The van der Waals surface area contributed by atoms with Crippen molar-refractivity contribution in [3.05, 3.63) is 0 Å². The Bertz CT molecular complexity index is 356. The van der Waals surface area contributed by atoms with E-state index in [1.807, 2.05) is 6.92 Å². The molecule has 3 heteroatoms. The van der Waals surface area contributed by atoms with Gasteiger partial charge in [0.1, 0.15) is 0 Å². The summed E-state index contributed by atoms with van der Waals surface area (Å²) in [6, 6.07) is 0. The van der Waals surface area contributed by atoms with E-state index >= 15 is 0 Å². The van der Waals surface area contributed by atoms with Crippen LogP contribution in [0.2, 0.25) is 0 Å². The summed E-state index contributed by atoms with van der Waals surface area (Å²) in [4.78, 5) is 11.8. The number of carbonyl (C=O) groups is 1. The first-order valence-electron chi connectivity index (χ1n) is 14.0. The molecule has 0 bridgehead atoms. The van der Waals surface area contributed by atoms with Gasteiger partial charge in [-0.15, -0.1) is 0 Å². The topological polar surface area (TPSA) is 46.5 Å². The molecule has 0 heterocycles. The van der Waals surface area contributed by atoms with Gasteiger partial charge in [0, 0.05) is 6.61 Å². The van der Waals surface area contributed by atoms with Crippen molar-refractivity contribution in [3.63, 3.8) is 0 Å². The Hall–Kier alpha value is -0.570. The van der Waals surface area contributed by atoms with Crippen molar-refractivity contribution in [3.8, 4) is 0 Å². The lowest BCUT2D eigenvalue weighted by molar-refractivity contribution is -0.148. The minimum absolute atomic E-state index is 0.0721. The lowest BCUT2D eigenvalue weighted by Crippen LogP contribution is -2.19. The molecule has 0 radical (unpaired) electrons. The highest BCUT2D eigenvalue weighted by atomic mass is 16.5. The Balaban J connectivity index is 3.25. The minimum Gasteiger partial charge on any atom is -0.466 e. The van der Waals surface area contributed by atoms with Crippen LogP contribution in [0.15, 0.2) is 0 Å². The first kappa shape index (κ1) is 30.4. The maximum absolute atomic E-state index is 11.8. The van der Waals surface area contributed by atoms with Gasteiger partial charge in [0.15, 0.2) is 0 Å². The Labute approximate surface area is 195 Å². The molecule has 0 aromatic carbocycles. The second kappa shape index (κ2) is 25.7. The summed E-state index contributed by atoms with van der Waals surface area (Å²) in [5, 5.41) is 9.11. The van der Waals surface area contributed by atoms with E-state index in [0.29, 0.717) is 13.0 Å². The molecule has 0 aliphatic rings. The number of rotatable bonds is 25. The third-order valence-electron chi connectivity index (χ3n) is 6.50. The molecule has 0 saturated heterocycles. The molecule has 0 aliphatic carbocycles. The molecule has 0 spiro atoms. The van der Waals surface area contributed by atoms with E-state index in [9.17, 15) is 4.79 Å². The maximum Gasteiger partial charge on any atom is 0.309 e. The predicted molar refractivity (Wildman–Crippen MR) is 134 cm³/mol. The highest BCUT2D eigenvalue weighted by Gasteiger charge is 2.18. The van der Waals surface area contributed by atoms with Crippen molar-refractivity contribution in [2.24, 2.45) is 5.92 Å². The SMILES string of the molecule is CCCCCCCCCCCCCCCCCCCCCCC(CCO)C(=O)OCC. The molecule has 0 fully saturated rings. The van der Waals surface area contributed by atoms with Gasteiger partial charge in [0.2, 0.25) is 0 Å². The molecule has 0 amide bonds. The van der Waals surface area contributed by atoms with E-state index in [2.05, 4.69) is 6.92 Å². The highest BCUT2D eigenvalue weighted by molar-refractivity contribution is 5.72. The van der Waals surface area contributed by atoms with E-state index in [-0.39, 0.29) is 18.5 Å². The fourth-order valence-electron chi connectivity index (χ4n) is 4.44. The van der Waals surface area contributed by atoms with Crippen molar-refractivity contribution >= 4 is 5.97 Å². The second-order valence-electron chi connectivity index (χ2n) is 9.47. The zero-order valence-corrected chi connectivity index (χ0v) is 21.3. The number of hydrogen-bond acceptors (Lipinski definition) is 3. The average Bonchev–Trinajstić information content (AvgIpc) is 2.77. The number of aliphatic hydroxyl groups is 1. The maximum atomic E-state index is 11.8. The standard InChI is InChI=1S/C28H56O3/c1-3-5-6-7-8-9-10-11-12-13-14-15-16-17-18-19-20-21-22-23-24-27(25-26-29)28(30)31-4-2/h27,29H,3-26H2,1-2H3. The minimum atomic E-state index is -0.130. The Morgan fingerprint density at radius 2 is 0.935 bits per heavy atom. The van der Waals surface area contributed by atoms with Gasteiger partial charge in [0.25, 0.3) is 0 Å². The van der Waals surface area contributed by atoms with Gasteiger partial charge >= 0.3 is 5.97 Å². The van der Waals surface area contributed by atoms with Crippen molar-refractivity contribution in [2.45, 2.75) is 155 Å². The monoisotopic (exact) mass is 440 g/mol. The molecule has 3 nitrogen and oxygen atoms in total. The zero-order valence-electron chi connectivity index (χ0n) is 21.3. The van der Waals surface area contributed by atoms with Crippen LogP contribution < -0.4 is 0 Å². The van der Waals surface area contributed by atoms with Gasteiger partial charge < -0.3 is 9.84 Å². The molecule has 1 unspecified atom stereocenters. The Morgan fingerprint density at radius 3 is 1.26 bits per heavy atom. The van der Waals surface area contributed by atoms with E-state index in [1.54, 1.807) is 0 Å². The molecular formula is C28H56O3. The van der Waals surface area contributed by atoms with Crippen LogP contribution in [0.3, 0.4) is 0 Å². The normalized spacial score (nSPS) is 12.2. The Morgan fingerprint density at radius 1 is 0.581 bits per heavy atom. The summed E-state index contributed by atoms with van der Waals surface area (Å²) < 4.78 is 5.10. The van der Waals surface area contributed by atoms with Crippen LogP contribution in [0.1, 0.15) is 155 Å². The summed E-state index contributed by atoms with van der Waals surface area (Å²) in [7, 11) is 0. The van der Waals surface area contributed by atoms with Crippen molar-refractivity contribution < 1.29 is 14.6 Å². The second-order valence-corrected chi connectivity index (χ2v) is 9.47. The largest absolute Gasteiger partial charge is 0.466 e. The first-order chi connectivity index (χ1) is 15.3. The van der Waals surface area contributed by atoms with Gasteiger partial charge in [-0.2, -0.15) is 0 Å². The quantitative estimate of drug-likeness (QED) is 0.114. The summed E-state index contributed by atoms with van der Waals surface area (Å²) in [5.41, 5.74) is 0. The van der Waals surface area contributed by atoms with Crippen molar-refractivity contribution in [1.82, 2.24) is 0 Å². The van der Waals surface area contributed by atoms with E-state index < -0.39 is 0 Å². The summed E-state index contributed by atoms with van der Waals surface area (Å²) in [5.74, 6) is -0.241. The fourth-order valence-corrected chi connectivity index (χ4v) is 4.44. The third kappa shape index (κ3) is 22.4. The van der Waals surface area contributed by atoms with Crippen LogP contribution in [-0.2, 0) is 9.53 Å². The van der Waals surface area contributed by atoms with E-state index in [0.717, 1.165) is 12.8 Å². The van der Waals surface area contributed by atoms with Gasteiger partial charge in [-0.3, -0.25) is 4.79 Å². The molecule has 0 saturated carbocycles. The molecule has 0 aromatic heterocycles. The number of ether oxygens (including phenoxy) is 1. The lowest BCUT2D eigenvalue weighted by Gasteiger charge is -2.14. The van der Waals surface area contributed by atoms with E-state index in [4.69, 9.17) is 9.84 Å². The molecular weight excluding hydrogens is 384 g/mol. The van der Waals surface area contributed by atoms with Crippen LogP contribution in [-0.4, -0.2) is 24.3 Å². The average molecular weight is 441 g/mol. The molecule has 1 N–H and O–H groups in total. The molecule has 186 valence electrons. The number of carbonyl (C=O) groups excluding carboxylic acids is 1. The first-order valence-corrected chi connectivity index (χ1v) is 14.0. The van der Waals surface area contributed by atoms with Crippen LogP contribution in [0.25, 0.3) is 0 Å². The highest BCUT2D eigenvalue weighted by Crippen LogP contribution is 2.18. The Kier molecular flexibility index (Phi) is 25.2. The summed E-state index contributed by atoms with van der Waals surface area (Å²) in [6.45, 7) is 4.63. The number of hydrogen-bond donors (Lipinski definition) is 1. The van der Waals surface area contributed by atoms with Gasteiger partial charge in [-0.25, -0.2) is 0 Å². The lowest BCUT2D eigenvalue weighted by atomic mass is 9.97. The van der Waals surface area contributed by atoms with Crippen LogP contribution in [0.4, 0.5) is 0 Å². The molecule has 1 atom stereocenters. The smallest absolute Gasteiger partial charge is 0.309 e. The van der Waals surface area contributed by atoms with Crippen molar-refractivity contribution in [2.75, 3.05) is 13.2 Å². The summed E-state index contributed by atoms with van der Waals surface area (Å²) in [6.07, 6.45) is 29.1. The number of aliphatic hydroxyl groups excluding tert-OH is 1. The van der Waals surface area contributed by atoms with Gasteiger partial charge in [0.05, 0.1) is 12.5 Å². The van der Waals surface area contributed by atoms with Crippen LogP contribution >= 0.6 is 0 Å². The van der Waals surface area contributed by atoms with Gasteiger partial charge in [-0.1, -0.05) is 135 Å². The zero-order chi connectivity index (χ0) is 22.8. The number of esters is 1. The third-order valence-corrected chi connectivity index (χ3v) is 6.50.